The van der Waals surface area contributed by atoms with Crippen molar-refractivity contribution in [3.63, 3.8) is 0 Å². The Kier molecular flexibility index (Phi) is 4.22. The molecule has 0 saturated carbocycles. The van der Waals surface area contributed by atoms with Crippen LogP contribution in [0, 0.1) is 0 Å². The lowest BCUT2D eigenvalue weighted by Crippen LogP contribution is -2.36. The largest absolute Gasteiger partial charge is 0.399 e. The van der Waals surface area contributed by atoms with Gasteiger partial charge >= 0.3 is 0 Å². The third-order valence-corrected chi connectivity index (χ3v) is 4.20. The van der Waals surface area contributed by atoms with Crippen LogP contribution in [0.4, 0.5) is 11.4 Å². The first-order valence-electron chi connectivity index (χ1n) is 5.85. The number of hydrogen-bond acceptors (Lipinski definition) is 3. The van der Waals surface area contributed by atoms with Crippen molar-refractivity contribution in [3.8, 4) is 0 Å². The van der Waals surface area contributed by atoms with Crippen LogP contribution in [0.5, 0.6) is 0 Å². The average Bonchev–Trinajstić information content (AvgIpc) is 2.39. The van der Waals surface area contributed by atoms with Gasteiger partial charge in [0.05, 0.1) is 15.6 Å². The second-order valence-electron chi connectivity index (χ2n) is 4.18. The number of thioether (sulfide) groups is 1. The number of hydrogen-bond donors (Lipinski definition) is 1. The van der Waals surface area contributed by atoms with Gasteiger partial charge in [-0.2, -0.15) is 0 Å². The van der Waals surface area contributed by atoms with Gasteiger partial charge in [-0.25, -0.2) is 0 Å². The highest BCUT2D eigenvalue weighted by atomic mass is 35.5. The number of carbonyl (C=O) groups is 1. The van der Waals surface area contributed by atoms with Crippen molar-refractivity contribution < 1.29 is 4.79 Å². The van der Waals surface area contributed by atoms with E-state index < -0.39 is 0 Å². The van der Waals surface area contributed by atoms with E-state index in [1.165, 1.54) is 11.8 Å². The summed E-state index contributed by atoms with van der Waals surface area (Å²) >= 11 is 7.62. The van der Waals surface area contributed by atoms with E-state index in [0.717, 1.165) is 16.9 Å². The molecule has 0 atom stereocenters. The maximum Gasteiger partial charge on any atom is 0.265 e. The van der Waals surface area contributed by atoms with Gasteiger partial charge in [-0.3, -0.25) is 4.79 Å². The first-order valence-corrected chi connectivity index (χ1v) is 7.45. The molecule has 0 fully saturated rings. The van der Waals surface area contributed by atoms with Crippen LogP contribution < -0.4 is 10.6 Å². The molecule has 1 amide bonds. The molecule has 0 unspecified atom stereocenters. The van der Waals surface area contributed by atoms with E-state index in [1.807, 2.05) is 6.26 Å². The maximum absolute atomic E-state index is 12.5. The van der Waals surface area contributed by atoms with Crippen molar-refractivity contribution >= 4 is 40.6 Å². The minimum absolute atomic E-state index is 0.0275. The molecule has 1 aliphatic rings. The van der Waals surface area contributed by atoms with Crippen LogP contribution >= 0.6 is 23.4 Å². The number of carbonyl (C=O) groups excluding carboxylic acids is 1. The number of allylic oxidation sites excluding steroid dienone is 1. The fourth-order valence-corrected chi connectivity index (χ4v) is 3.12. The van der Waals surface area contributed by atoms with Crippen molar-refractivity contribution in [3.05, 3.63) is 46.4 Å². The lowest BCUT2D eigenvalue weighted by Gasteiger charge is -2.29. The summed E-state index contributed by atoms with van der Waals surface area (Å²) in [5.41, 5.74) is 7.97. The SMILES string of the molecule is C=CC1=C(SC)C(=O)N(c2ccc(N)cc2Cl)CC1. The van der Waals surface area contributed by atoms with E-state index in [1.54, 1.807) is 29.2 Å². The zero-order valence-corrected chi connectivity index (χ0v) is 12.2. The van der Waals surface area contributed by atoms with E-state index in [-0.39, 0.29) is 5.91 Å². The number of halogens is 1. The summed E-state index contributed by atoms with van der Waals surface area (Å²) in [7, 11) is 0. The molecule has 2 N–H and O–H groups in total. The molecule has 0 radical (unpaired) electrons. The van der Waals surface area contributed by atoms with Crippen molar-refractivity contribution in [1.29, 1.82) is 0 Å². The second-order valence-corrected chi connectivity index (χ2v) is 5.40. The van der Waals surface area contributed by atoms with Crippen LogP contribution in [-0.2, 0) is 4.79 Å². The van der Waals surface area contributed by atoms with Crippen LogP contribution in [0.15, 0.2) is 41.3 Å². The number of nitrogen functional groups attached to an aromatic ring is 1. The third-order valence-electron chi connectivity index (χ3n) is 3.05. The summed E-state index contributed by atoms with van der Waals surface area (Å²) < 4.78 is 0. The Labute approximate surface area is 122 Å². The Morgan fingerprint density at radius 1 is 1.53 bits per heavy atom. The lowest BCUT2D eigenvalue weighted by atomic mass is 10.1. The van der Waals surface area contributed by atoms with Crippen molar-refractivity contribution in [2.75, 3.05) is 23.4 Å². The van der Waals surface area contributed by atoms with Gasteiger partial charge in [0.1, 0.15) is 0 Å². The molecule has 0 aliphatic carbocycles. The van der Waals surface area contributed by atoms with Crippen LogP contribution in [-0.4, -0.2) is 18.7 Å². The Hall–Kier alpha value is -1.39. The summed E-state index contributed by atoms with van der Waals surface area (Å²) in [5.74, 6) is -0.0275. The third kappa shape index (κ3) is 2.65. The molecule has 100 valence electrons. The molecule has 1 aromatic carbocycles. The number of anilines is 2. The van der Waals surface area contributed by atoms with Gasteiger partial charge in [0.2, 0.25) is 0 Å². The molecule has 3 nitrogen and oxygen atoms in total. The average molecular weight is 295 g/mol. The molecule has 1 aliphatic heterocycles. The van der Waals surface area contributed by atoms with Crippen LogP contribution in [0.25, 0.3) is 0 Å². The molecule has 1 heterocycles. The number of amides is 1. The molecule has 2 rings (SSSR count). The Morgan fingerprint density at radius 2 is 2.26 bits per heavy atom. The number of nitrogens with two attached hydrogens (primary N) is 1. The summed E-state index contributed by atoms with van der Waals surface area (Å²) in [5, 5.41) is 0.496. The zero-order chi connectivity index (χ0) is 14.0. The second kappa shape index (κ2) is 5.72. The smallest absolute Gasteiger partial charge is 0.265 e. The summed E-state index contributed by atoms with van der Waals surface area (Å²) in [4.78, 5) is 14.9. The number of nitrogens with zero attached hydrogens (tertiary/aromatic N) is 1. The minimum Gasteiger partial charge on any atom is -0.399 e. The quantitative estimate of drug-likeness (QED) is 0.868. The van der Waals surface area contributed by atoms with Gasteiger partial charge in [0, 0.05) is 12.2 Å². The minimum atomic E-state index is -0.0275. The summed E-state index contributed by atoms with van der Waals surface area (Å²) in [6, 6.07) is 5.20. The first kappa shape index (κ1) is 14.0. The first-order chi connectivity index (χ1) is 9.08. The predicted octanol–water partition coefficient (Wildman–Crippen LogP) is 3.46. The van der Waals surface area contributed by atoms with Gasteiger partial charge in [-0.1, -0.05) is 24.3 Å². The lowest BCUT2D eigenvalue weighted by molar-refractivity contribution is -0.114. The molecular weight excluding hydrogens is 280 g/mol. The molecule has 19 heavy (non-hydrogen) atoms. The van der Waals surface area contributed by atoms with Crippen molar-refractivity contribution in [1.82, 2.24) is 0 Å². The fraction of sp³-hybridized carbons (Fsp3) is 0.214. The van der Waals surface area contributed by atoms with E-state index >= 15 is 0 Å². The molecule has 0 aromatic heterocycles. The molecule has 0 spiro atoms. The standard InChI is InChI=1S/C14H15ClN2OS/c1-3-9-6-7-17(14(18)13(9)19-2)12-5-4-10(16)8-11(12)15/h3-5,8H,1,6-7,16H2,2H3. The molecule has 0 bridgehead atoms. The molecule has 1 aromatic rings. The van der Waals surface area contributed by atoms with Crippen LogP contribution in [0.2, 0.25) is 5.02 Å². The van der Waals surface area contributed by atoms with Gasteiger partial charge in [0.25, 0.3) is 5.91 Å². The normalized spacial score (nSPS) is 15.9. The Balaban J connectivity index is 2.41. The summed E-state index contributed by atoms with van der Waals surface area (Å²) in [6.45, 7) is 4.36. The van der Waals surface area contributed by atoms with E-state index in [4.69, 9.17) is 17.3 Å². The van der Waals surface area contributed by atoms with E-state index in [0.29, 0.717) is 22.9 Å². The Bertz CT molecular complexity index is 569. The number of rotatable bonds is 3. The van der Waals surface area contributed by atoms with Gasteiger partial charge in [-0.05, 0) is 36.4 Å². The monoisotopic (exact) mass is 294 g/mol. The van der Waals surface area contributed by atoms with E-state index in [9.17, 15) is 4.79 Å². The summed E-state index contributed by atoms with van der Waals surface area (Å²) in [6.07, 6.45) is 4.43. The highest BCUT2D eigenvalue weighted by Gasteiger charge is 2.27. The van der Waals surface area contributed by atoms with Gasteiger partial charge in [0.15, 0.2) is 0 Å². The Morgan fingerprint density at radius 3 is 2.84 bits per heavy atom. The molecule has 5 heteroatoms. The van der Waals surface area contributed by atoms with Crippen molar-refractivity contribution in [2.24, 2.45) is 0 Å². The van der Waals surface area contributed by atoms with Crippen molar-refractivity contribution in [2.45, 2.75) is 6.42 Å². The molecule has 0 saturated heterocycles. The van der Waals surface area contributed by atoms with Crippen LogP contribution in [0.1, 0.15) is 6.42 Å². The highest BCUT2D eigenvalue weighted by molar-refractivity contribution is 8.03. The predicted molar refractivity (Wildman–Crippen MR) is 83.6 cm³/mol. The van der Waals surface area contributed by atoms with Crippen LogP contribution in [0.3, 0.4) is 0 Å². The molecular formula is C14H15ClN2OS. The van der Waals surface area contributed by atoms with Gasteiger partial charge < -0.3 is 10.6 Å². The zero-order valence-electron chi connectivity index (χ0n) is 10.6. The van der Waals surface area contributed by atoms with E-state index in [2.05, 4.69) is 6.58 Å². The highest BCUT2D eigenvalue weighted by Crippen LogP contribution is 2.34. The fourth-order valence-electron chi connectivity index (χ4n) is 2.09. The van der Waals surface area contributed by atoms with Gasteiger partial charge in [-0.15, -0.1) is 11.8 Å². The number of benzene rings is 1. The maximum atomic E-state index is 12.5. The topological polar surface area (TPSA) is 46.3 Å².